The molecule has 0 heteroatoms. The molecule has 0 aromatic heterocycles. The summed E-state index contributed by atoms with van der Waals surface area (Å²) in [5.74, 6) is 0. The van der Waals surface area contributed by atoms with Crippen LogP contribution in [-0.2, 0) is 0 Å². The summed E-state index contributed by atoms with van der Waals surface area (Å²) in [7, 11) is 0. The van der Waals surface area contributed by atoms with Gasteiger partial charge in [0, 0.05) is 0 Å². The third-order valence-electron chi connectivity index (χ3n) is 4.07. The Kier molecular flexibility index (Phi) is 9.62. The molecule has 0 nitrogen and oxygen atoms in total. The largest absolute Gasteiger partial charge is 0.0810 e. The van der Waals surface area contributed by atoms with Crippen LogP contribution in [0.3, 0.4) is 0 Å². The molecule has 0 aliphatic carbocycles. The summed E-state index contributed by atoms with van der Waals surface area (Å²) < 4.78 is 0. The van der Waals surface area contributed by atoms with Crippen LogP contribution in [0.2, 0.25) is 0 Å². The monoisotopic (exact) mass is 298 g/mol. The van der Waals surface area contributed by atoms with Crippen LogP contribution in [0.25, 0.3) is 5.57 Å². The first kappa shape index (κ1) is 18.7. The highest BCUT2D eigenvalue weighted by molar-refractivity contribution is 5.72. The van der Waals surface area contributed by atoms with Crippen LogP contribution in [0.4, 0.5) is 0 Å². The molecule has 122 valence electrons. The van der Waals surface area contributed by atoms with Gasteiger partial charge in [0.15, 0.2) is 0 Å². The lowest BCUT2D eigenvalue weighted by Gasteiger charge is -2.19. The van der Waals surface area contributed by atoms with Gasteiger partial charge in [0.2, 0.25) is 0 Å². The summed E-state index contributed by atoms with van der Waals surface area (Å²) in [6.45, 7) is 9.17. The molecule has 0 unspecified atom stereocenters. The minimum atomic E-state index is 1.19. The Balaban J connectivity index is 3.34. The molecule has 0 spiro atoms. The normalized spacial score (nSPS) is 13.2. The summed E-state index contributed by atoms with van der Waals surface area (Å²) in [4.78, 5) is 0. The van der Waals surface area contributed by atoms with E-state index in [4.69, 9.17) is 0 Å². The smallest absolute Gasteiger partial charge is 0.0222 e. The van der Waals surface area contributed by atoms with Gasteiger partial charge in [-0.3, -0.25) is 0 Å². The van der Waals surface area contributed by atoms with Gasteiger partial charge in [0.1, 0.15) is 0 Å². The zero-order chi connectivity index (χ0) is 16.2. The van der Waals surface area contributed by atoms with Crippen molar-refractivity contribution in [2.75, 3.05) is 0 Å². The lowest BCUT2D eigenvalue weighted by molar-refractivity contribution is 0.831. The molecule has 0 amide bonds. The molecule has 0 aliphatic rings. The Morgan fingerprint density at radius 2 is 1.41 bits per heavy atom. The van der Waals surface area contributed by atoms with Gasteiger partial charge in [-0.2, -0.15) is 0 Å². The number of allylic oxidation sites excluding steroid dienone is 4. The van der Waals surface area contributed by atoms with Crippen molar-refractivity contribution in [3.8, 4) is 0 Å². The standard InChI is InChI=1S/C22H34/c1-5-9-16-19(13-6-2)21(14-7-3)22(15-8-4)20-17-11-10-12-18-20/h10-12,16-18H,5-9,13-15H2,1-4H3/b19-16+,22-21-. The van der Waals surface area contributed by atoms with E-state index in [9.17, 15) is 0 Å². The van der Waals surface area contributed by atoms with E-state index in [0.29, 0.717) is 0 Å². The van der Waals surface area contributed by atoms with Crippen molar-refractivity contribution in [1.82, 2.24) is 0 Å². The first-order chi connectivity index (χ1) is 10.8. The Labute approximate surface area is 138 Å². The lowest BCUT2D eigenvalue weighted by atomic mass is 9.87. The number of benzene rings is 1. The summed E-state index contributed by atoms with van der Waals surface area (Å²) in [5, 5.41) is 0. The van der Waals surface area contributed by atoms with E-state index < -0.39 is 0 Å². The van der Waals surface area contributed by atoms with Crippen LogP contribution in [-0.4, -0.2) is 0 Å². The van der Waals surface area contributed by atoms with E-state index in [1.165, 1.54) is 56.9 Å². The predicted octanol–water partition coefficient (Wildman–Crippen LogP) is 7.57. The van der Waals surface area contributed by atoms with E-state index in [1.54, 1.807) is 16.7 Å². The van der Waals surface area contributed by atoms with Crippen molar-refractivity contribution in [2.45, 2.75) is 79.1 Å². The molecule has 0 N–H and O–H groups in total. The molecule has 1 aromatic carbocycles. The summed E-state index contributed by atoms with van der Waals surface area (Å²) in [6.07, 6.45) is 12.2. The van der Waals surface area contributed by atoms with Crippen LogP contribution < -0.4 is 0 Å². The Morgan fingerprint density at radius 1 is 0.773 bits per heavy atom. The minimum Gasteiger partial charge on any atom is -0.0810 e. The maximum absolute atomic E-state index is 2.51. The maximum atomic E-state index is 2.51. The number of hydrogen-bond donors (Lipinski definition) is 0. The van der Waals surface area contributed by atoms with E-state index in [0.717, 1.165) is 0 Å². The maximum Gasteiger partial charge on any atom is -0.0222 e. The van der Waals surface area contributed by atoms with Gasteiger partial charge >= 0.3 is 0 Å². The van der Waals surface area contributed by atoms with E-state index >= 15 is 0 Å². The van der Waals surface area contributed by atoms with Gasteiger partial charge in [-0.15, -0.1) is 0 Å². The van der Waals surface area contributed by atoms with Gasteiger partial charge in [0.05, 0.1) is 0 Å². The molecule has 0 heterocycles. The predicted molar refractivity (Wildman–Crippen MR) is 101 cm³/mol. The first-order valence-corrected chi connectivity index (χ1v) is 9.25. The Morgan fingerprint density at radius 3 is 1.95 bits per heavy atom. The lowest BCUT2D eigenvalue weighted by Crippen LogP contribution is -1.98. The van der Waals surface area contributed by atoms with Crippen LogP contribution in [0.5, 0.6) is 0 Å². The van der Waals surface area contributed by atoms with E-state index in [-0.39, 0.29) is 0 Å². The molecular weight excluding hydrogens is 264 g/mol. The van der Waals surface area contributed by atoms with Gasteiger partial charge in [-0.25, -0.2) is 0 Å². The van der Waals surface area contributed by atoms with Gasteiger partial charge in [0.25, 0.3) is 0 Å². The fourth-order valence-electron chi connectivity index (χ4n) is 3.08. The second-order valence-corrected chi connectivity index (χ2v) is 6.09. The van der Waals surface area contributed by atoms with Crippen molar-refractivity contribution in [1.29, 1.82) is 0 Å². The second kappa shape index (κ2) is 11.3. The highest BCUT2D eigenvalue weighted by Crippen LogP contribution is 2.33. The van der Waals surface area contributed by atoms with E-state index in [1.807, 2.05) is 0 Å². The SMILES string of the molecule is CCC/C=C(CCC)/C(CCC)=C(/CCC)c1ccccc1. The van der Waals surface area contributed by atoms with Crippen LogP contribution in [0.15, 0.2) is 47.6 Å². The third-order valence-corrected chi connectivity index (χ3v) is 4.07. The number of rotatable bonds is 10. The third kappa shape index (κ3) is 5.83. The zero-order valence-electron chi connectivity index (χ0n) is 15.1. The Bertz CT molecular complexity index is 462. The topological polar surface area (TPSA) is 0 Å². The number of unbranched alkanes of at least 4 members (excludes halogenated alkanes) is 1. The van der Waals surface area contributed by atoms with Gasteiger partial charge in [-0.1, -0.05) is 89.8 Å². The fraction of sp³-hybridized carbons (Fsp3) is 0.545. The average molecular weight is 299 g/mol. The molecule has 0 aliphatic heterocycles. The highest BCUT2D eigenvalue weighted by Gasteiger charge is 2.12. The Hall–Kier alpha value is -1.30. The number of hydrogen-bond acceptors (Lipinski definition) is 0. The van der Waals surface area contributed by atoms with Crippen LogP contribution >= 0.6 is 0 Å². The average Bonchev–Trinajstić information content (AvgIpc) is 2.56. The quantitative estimate of drug-likeness (QED) is 0.391. The molecular formula is C22H34. The highest BCUT2D eigenvalue weighted by atomic mass is 14.2. The molecule has 0 radical (unpaired) electrons. The fourth-order valence-corrected chi connectivity index (χ4v) is 3.08. The van der Waals surface area contributed by atoms with Crippen LogP contribution in [0, 0.1) is 0 Å². The van der Waals surface area contributed by atoms with Crippen LogP contribution in [0.1, 0.15) is 84.6 Å². The summed E-state index contributed by atoms with van der Waals surface area (Å²) in [6, 6.07) is 11.0. The van der Waals surface area contributed by atoms with E-state index in [2.05, 4.69) is 64.1 Å². The van der Waals surface area contributed by atoms with Crippen molar-refractivity contribution in [3.63, 3.8) is 0 Å². The summed E-state index contributed by atoms with van der Waals surface area (Å²) in [5.41, 5.74) is 6.25. The second-order valence-electron chi connectivity index (χ2n) is 6.09. The van der Waals surface area contributed by atoms with Crippen molar-refractivity contribution in [2.24, 2.45) is 0 Å². The molecule has 0 bridgehead atoms. The zero-order valence-corrected chi connectivity index (χ0v) is 15.1. The van der Waals surface area contributed by atoms with Crippen molar-refractivity contribution >= 4 is 5.57 Å². The van der Waals surface area contributed by atoms with Gasteiger partial charge < -0.3 is 0 Å². The summed E-state index contributed by atoms with van der Waals surface area (Å²) >= 11 is 0. The molecule has 0 atom stereocenters. The van der Waals surface area contributed by atoms with Crippen molar-refractivity contribution in [3.05, 3.63) is 53.1 Å². The molecule has 1 rings (SSSR count). The molecule has 22 heavy (non-hydrogen) atoms. The van der Waals surface area contributed by atoms with Crippen molar-refractivity contribution < 1.29 is 0 Å². The molecule has 1 aromatic rings. The van der Waals surface area contributed by atoms with Gasteiger partial charge in [-0.05, 0) is 48.0 Å². The molecule has 0 saturated carbocycles. The first-order valence-electron chi connectivity index (χ1n) is 9.25. The minimum absolute atomic E-state index is 1.19. The molecule has 0 saturated heterocycles. The molecule has 0 fully saturated rings.